The van der Waals surface area contributed by atoms with Gasteiger partial charge in [-0.15, -0.1) is 5.10 Å². The van der Waals surface area contributed by atoms with Crippen LogP contribution < -0.4 is 4.90 Å². The lowest BCUT2D eigenvalue weighted by atomic mass is 10.2. The lowest BCUT2D eigenvalue weighted by Gasteiger charge is -2.35. The zero-order valence-electron chi connectivity index (χ0n) is 14.3. The van der Waals surface area contributed by atoms with Crippen LogP contribution in [0.15, 0.2) is 30.6 Å². The van der Waals surface area contributed by atoms with Crippen LogP contribution in [-0.2, 0) is 6.54 Å². The van der Waals surface area contributed by atoms with Gasteiger partial charge in [0.05, 0.1) is 0 Å². The summed E-state index contributed by atoms with van der Waals surface area (Å²) >= 11 is 5.89. The van der Waals surface area contributed by atoms with Crippen molar-refractivity contribution in [1.82, 2.24) is 29.9 Å². The van der Waals surface area contributed by atoms with Gasteiger partial charge < -0.3 is 9.80 Å². The number of piperazine rings is 1. The molecule has 1 amide bonds. The molecule has 1 aliphatic heterocycles. The third-order valence-electron chi connectivity index (χ3n) is 4.54. The summed E-state index contributed by atoms with van der Waals surface area (Å²) in [5.41, 5.74) is 2.09. The van der Waals surface area contributed by atoms with Gasteiger partial charge >= 0.3 is 0 Å². The molecule has 1 aromatic carbocycles. The number of hydrogen-bond acceptors (Lipinski definition) is 6. The van der Waals surface area contributed by atoms with Gasteiger partial charge in [0.2, 0.25) is 0 Å². The second-order valence-corrected chi connectivity index (χ2v) is 6.50. The standard InChI is InChI=1S/C17H18ClN7O/c1-2-25-16-14(21-22-25)15(19-11-20-16)23-7-9-24(10-8-23)17(26)12-3-5-13(18)6-4-12/h3-6,11H,2,7-10H2,1H3. The van der Waals surface area contributed by atoms with Gasteiger partial charge in [-0.25, -0.2) is 14.6 Å². The largest absolute Gasteiger partial charge is 0.351 e. The minimum atomic E-state index is 0.0195. The Morgan fingerprint density at radius 2 is 1.85 bits per heavy atom. The van der Waals surface area contributed by atoms with Crippen molar-refractivity contribution < 1.29 is 4.79 Å². The minimum Gasteiger partial charge on any atom is -0.351 e. The fourth-order valence-corrected chi connectivity index (χ4v) is 3.25. The van der Waals surface area contributed by atoms with Gasteiger partial charge in [-0.2, -0.15) is 0 Å². The molecular weight excluding hydrogens is 354 g/mol. The summed E-state index contributed by atoms with van der Waals surface area (Å²) < 4.78 is 1.75. The van der Waals surface area contributed by atoms with Crippen LogP contribution in [-0.4, -0.2) is 61.9 Å². The number of aryl methyl sites for hydroxylation is 1. The molecule has 0 N–H and O–H groups in total. The minimum absolute atomic E-state index is 0.0195. The quantitative estimate of drug-likeness (QED) is 0.699. The Morgan fingerprint density at radius 1 is 1.12 bits per heavy atom. The highest BCUT2D eigenvalue weighted by atomic mass is 35.5. The second kappa shape index (κ2) is 6.87. The fraction of sp³-hybridized carbons (Fsp3) is 0.353. The third kappa shape index (κ3) is 2.96. The topological polar surface area (TPSA) is 80.0 Å². The van der Waals surface area contributed by atoms with Gasteiger partial charge in [0.15, 0.2) is 17.0 Å². The number of rotatable bonds is 3. The molecule has 0 atom stereocenters. The molecular formula is C17H18ClN7O. The van der Waals surface area contributed by atoms with E-state index in [0.29, 0.717) is 48.8 Å². The smallest absolute Gasteiger partial charge is 0.253 e. The average Bonchev–Trinajstić information content (AvgIpc) is 3.11. The van der Waals surface area contributed by atoms with E-state index in [4.69, 9.17) is 11.6 Å². The third-order valence-corrected chi connectivity index (χ3v) is 4.79. The number of aromatic nitrogens is 5. The monoisotopic (exact) mass is 371 g/mol. The number of nitrogens with zero attached hydrogens (tertiary/aromatic N) is 7. The number of carbonyl (C=O) groups excluding carboxylic acids is 1. The number of anilines is 1. The number of fused-ring (bicyclic) bond motifs is 1. The van der Waals surface area contributed by atoms with E-state index in [2.05, 4.69) is 25.2 Å². The van der Waals surface area contributed by atoms with E-state index >= 15 is 0 Å². The first-order chi connectivity index (χ1) is 12.7. The number of hydrogen-bond donors (Lipinski definition) is 0. The van der Waals surface area contributed by atoms with Gasteiger partial charge in [0.25, 0.3) is 5.91 Å². The Labute approximate surface area is 155 Å². The normalized spacial score (nSPS) is 14.8. The number of carbonyl (C=O) groups is 1. The van der Waals surface area contributed by atoms with E-state index in [9.17, 15) is 4.79 Å². The predicted octanol–water partition coefficient (Wildman–Crippen LogP) is 1.86. The van der Waals surface area contributed by atoms with E-state index in [0.717, 1.165) is 11.5 Å². The molecule has 3 aromatic rings. The Balaban J connectivity index is 1.49. The molecule has 0 aliphatic carbocycles. The lowest BCUT2D eigenvalue weighted by Crippen LogP contribution is -2.49. The van der Waals surface area contributed by atoms with E-state index < -0.39 is 0 Å². The fourth-order valence-electron chi connectivity index (χ4n) is 3.12. The van der Waals surface area contributed by atoms with Crippen molar-refractivity contribution in [3.05, 3.63) is 41.2 Å². The van der Waals surface area contributed by atoms with Gasteiger partial charge in [0.1, 0.15) is 6.33 Å². The molecule has 26 heavy (non-hydrogen) atoms. The first-order valence-corrected chi connectivity index (χ1v) is 8.89. The van der Waals surface area contributed by atoms with Crippen molar-refractivity contribution >= 4 is 34.5 Å². The Kier molecular flexibility index (Phi) is 4.42. The molecule has 0 radical (unpaired) electrons. The Bertz CT molecular complexity index is 932. The van der Waals surface area contributed by atoms with Crippen LogP contribution in [0.25, 0.3) is 11.2 Å². The zero-order chi connectivity index (χ0) is 18.1. The highest BCUT2D eigenvalue weighted by Crippen LogP contribution is 2.22. The van der Waals surface area contributed by atoms with Crippen LogP contribution in [0, 0.1) is 0 Å². The van der Waals surface area contributed by atoms with Crippen molar-refractivity contribution in [1.29, 1.82) is 0 Å². The maximum Gasteiger partial charge on any atom is 0.253 e. The molecule has 1 fully saturated rings. The second-order valence-electron chi connectivity index (χ2n) is 6.06. The molecule has 1 saturated heterocycles. The van der Waals surface area contributed by atoms with E-state index in [1.165, 1.54) is 0 Å². The molecule has 0 unspecified atom stereocenters. The van der Waals surface area contributed by atoms with Gasteiger partial charge in [-0.3, -0.25) is 4.79 Å². The highest BCUT2D eigenvalue weighted by Gasteiger charge is 2.25. The van der Waals surface area contributed by atoms with Gasteiger partial charge in [0, 0.05) is 43.3 Å². The maximum atomic E-state index is 12.6. The number of benzene rings is 1. The van der Waals surface area contributed by atoms with Crippen LogP contribution in [0.1, 0.15) is 17.3 Å². The lowest BCUT2D eigenvalue weighted by molar-refractivity contribution is 0.0746. The molecule has 0 spiro atoms. The van der Waals surface area contributed by atoms with E-state index in [-0.39, 0.29) is 5.91 Å². The summed E-state index contributed by atoms with van der Waals surface area (Å²) in [6.07, 6.45) is 1.54. The summed E-state index contributed by atoms with van der Waals surface area (Å²) in [6, 6.07) is 6.99. The number of amides is 1. The summed E-state index contributed by atoms with van der Waals surface area (Å²) in [7, 11) is 0. The van der Waals surface area contributed by atoms with Crippen LogP contribution in [0.2, 0.25) is 5.02 Å². The van der Waals surface area contributed by atoms with Crippen molar-refractivity contribution in [2.45, 2.75) is 13.5 Å². The molecule has 9 heteroatoms. The first kappa shape index (κ1) is 16.7. The molecule has 0 saturated carbocycles. The molecule has 8 nitrogen and oxygen atoms in total. The number of halogens is 1. The maximum absolute atomic E-state index is 12.6. The average molecular weight is 372 g/mol. The molecule has 0 bridgehead atoms. The van der Waals surface area contributed by atoms with E-state index in [1.807, 2.05) is 11.8 Å². The molecule has 1 aliphatic rings. The van der Waals surface area contributed by atoms with Crippen molar-refractivity contribution in [3.8, 4) is 0 Å². The van der Waals surface area contributed by atoms with Crippen molar-refractivity contribution in [2.75, 3.05) is 31.1 Å². The zero-order valence-corrected chi connectivity index (χ0v) is 15.1. The highest BCUT2D eigenvalue weighted by molar-refractivity contribution is 6.30. The van der Waals surface area contributed by atoms with E-state index in [1.54, 1.807) is 35.3 Å². The predicted molar refractivity (Wildman–Crippen MR) is 98.4 cm³/mol. The van der Waals surface area contributed by atoms with Crippen molar-refractivity contribution in [2.24, 2.45) is 0 Å². The van der Waals surface area contributed by atoms with Gasteiger partial charge in [-0.05, 0) is 31.2 Å². The SMILES string of the molecule is CCn1nnc2c(N3CCN(C(=O)c4ccc(Cl)cc4)CC3)ncnc21. The summed E-state index contributed by atoms with van der Waals surface area (Å²) in [4.78, 5) is 25.3. The molecule has 2 aromatic heterocycles. The Morgan fingerprint density at radius 3 is 2.54 bits per heavy atom. The first-order valence-electron chi connectivity index (χ1n) is 8.51. The van der Waals surface area contributed by atoms with Crippen LogP contribution in [0.3, 0.4) is 0 Å². The summed E-state index contributed by atoms with van der Waals surface area (Å²) in [5, 5.41) is 8.97. The van der Waals surface area contributed by atoms with Gasteiger partial charge in [-0.1, -0.05) is 16.8 Å². The Hall–Kier alpha value is -2.74. The van der Waals surface area contributed by atoms with Crippen molar-refractivity contribution in [3.63, 3.8) is 0 Å². The molecule has 4 rings (SSSR count). The molecule has 134 valence electrons. The van der Waals surface area contributed by atoms with Crippen LogP contribution in [0.4, 0.5) is 5.82 Å². The summed E-state index contributed by atoms with van der Waals surface area (Å²) in [5.74, 6) is 0.791. The molecule has 3 heterocycles. The van der Waals surface area contributed by atoms with Crippen LogP contribution >= 0.6 is 11.6 Å². The summed E-state index contributed by atoms with van der Waals surface area (Å²) in [6.45, 7) is 5.31. The van der Waals surface area contributed by atoms with Crippen LogP contribution in [0.5, 0.6) is 0 Å².